The number of halogens is 1. The molecule has 3 aromatic carbocycles. The van der Waals surface area contributed by atoms with Gasteiger partial charge in [0.25, 0.3) is 11.2 Å². The van der Waals surface area contributed by atoms with E-state index in [-0.39, 0.29) is 17.9 Å². The van der Waals surface area contributed by atoms with Gasteiger partial charge in [0.15, 0.2) is 0 Å². The van der Waals surface area contributed by atoms with Gasteiger partial charge in [0.2, 0.25) is 0 Å². The van der Waals surface area contributed by atoms with E-state index in [0.29, 0.717) is 28.9 Å². The fourth-order valence-electron chi connectivity index (χ4n) is 3.23. The Labute approximate surface area is 197 Å². The van der Waals surface area contributed by atoms with Crippen LogP contribution in [0.25, 0.3) is 10.9 Å². The molecule has 0 aliphatic carbocycles. The molecule has 4 aromatic rings. The van der Waals surface area contributed by atoms with Crippen molar-refractivity contribution in [3.8, 4) is 5.75 Å². The lowest BCUT2D eigenvalue weighted by molar-refractivity contribution is -0.384. The van der Waals surface area contributed by atoms with Gasteiger partial charge in [-0.15, -0.1) is 0 Å². The fraction of sp³-hybridized carbons (Fsp3) is 0.125. The minimum Gasteiger partial charge on any atom is -0.489 e. The van der Waals surface area contributed by atoms with Crippen LogP contribution < -0.4 is 10.3 Å². The number of nitro benzene ring substituents is 1. The van der Waals surface area contributed by atoms with E-state index < -0.39 is 4.92 Å². The third-order valence-electron chi connectivity index (χ3n) is 4.92. The van der Waals surface area contributed by atoms with Crippen LogP contribution in [0.15, 0.2) is 81.1 Å². The first-order valence-electron chi connectivity index (χ1n) is 10.2. The summed E-state index contributed by atoms with van der Waals surface area (Å²) in [6.45, 7) is 2.19. The van der Waals surface area contributed by atoms with Crippen LogP contribution in [-0.4, -0.2) is 20.8 Å². The molecule has 0 amide bonds. The second kappa shape index (κ2) is 9.74. The lowest BCUT2D eigenvalue weighted by atomic mass is 10.2. The van der Waals surface area contributed by atoms with Gasteiger partial charge in [-0.2, -0.15) is 9.78 Å². The average molecular weight is 507 g/mol. The topological polar surface area (TPSA) is 99.6 Å². The van der Waals surface area contributed by atoms with Crippen molar-refractivity contribution in [3.63, 3.8) is 0 Å². The summed E-state index contributed by atoms with van der Waals surface area (Å²) >= 11 is 3.39. The van der Waals surface area contributed by atoms with Gasteiger partial charge in [0, 0.05) is 23.0 Å². The van der Waals surface area contributed by atoms with Gasteiger partial charge in [0.1, 0.15) is 18.2 Å². The molecule has 0 bridgehead atoms. The zero-order chi connectivity index (χ0) is 23.4. The molecule has 0 unspecified atom stereocenters. The summed E-state index contributed by atoms with van der Waals surface area (Å²) in [5.74, 6) is 1.18. The van der Waals surface area contributed by atoms with Crippen LogP contribution in [0.2, 0.25) is 0 Å². The molecule has 0 atom stereocenters. The summed E-state index contributed by atoms with van der Waals surface area (Å²) in [6.07, 6.45) is 2.14. The molecule has 33 heavy (non-hydrogen) atoms. The molecule has 9 heteroatoms. The molecule has 0 N–H and O–H groups in total. The second-order valence-electron chi connectivity index (χ2n) is 7.19. The molecule has 1 heterocycles. The van der Waals surface area contributed by atoms with Crippen LogP contribution in [0.3, 0.4) is 0 Å². The molecule has 0 aliphatic heterocycles. The zero-order valence-corrected chi connectivity index (χ0v) is 19.2. The molecule has 166 valence electrons. The Morgan fingerprint density at radius 2 is 1.94 bits per heavy atom. The lowest BCUT2D eigenvalue weighted by Crippen LogP contribution is -2.22. The molecule has 8 nitrogen and oxygen atoms in total. The van der Waals surface area contributed by atoms with Crippen molar-refractivity contribution in [1.29, 1.82) is 0 Å². The number of hydrogen-bond donors (Lipinski definition) is 0. The molecular weight excluding hydrogens is 488 g/mol. The Bertz CT molecular complexity index is 1410. The number of ether oxygens (including phenoxy) is 1. The third kappa shape index (κ3) is 5.15. The highest BCUT2D eigenvalue weighted by Crippen LogP contribution is 2.18. The second-order valence-corrected chi connectivity index (χ2v) is 8.10. The summed E-state index contributed by atoms with van der Waals surface area (Å²) in [6, 6.07) is 18.9. The minimum absolute atomic E-state index is 0.0363. The van der Waals surface area contributed by atoms with Gasteiger partial charge < -0.3 is 4.74 Å². The van der Waals surface area contributed by atoms with Gasteiger partial charge in [-0.3, -0.25) is 14.9 Å². The van der Waals surface area contributed by atoms with Crippen molar-refractivity contribution in [2.45, 2.75) is 20.0 Å². The average Bonchev–Trinajstić information content (AvgIpc) is 2.83. The van der Waals surface area contributed by atoms with E-state index in [1.165, 1.54) is 16.8 Å². The molecule has 0 radical (unpaired) electrons. The summed E-state index contributed by atoms with van der Waals surface area (Å²) in [4.78, 5) is 27.9. The standard InChI is InChI=1S/C24H19BrN4O4/c1-2-23-27-22-11-8-18(25)13-21(22)24(30)28(23)26-14-17-4-3-5-20(12-17)33-15-16-6-9-19(10-7-16)29(31)32/h3-14H,2,15H2,1H3. The Morgan fingerprint density at radius 3 is 2.67 bits per heavy atom. The monoisotopic (exact) mass is 506 g/mol. The predicted octanol–water partition coefficient (Wildman–Crippen LogP) is 5.09. The van der Waals surface area contributed by atoms with Crippen LogP contribution in [0.5, 0.6) is 5.75 Å². The minimum atomic E-state index is -0.438. The fourth-order valence-corrected chi connectivity index (χ4v) is 3.59. The van der Waals surface area contributed by atoms with E-state index >= 15 is 0 Å². The molecule has 0 spiro atoms. The Kier molecular flexibility index (Phi) is 6.60. The van der Waals surface area contributed by atoms with Crippen molar-refractivity contribution in [2.24, 2.45) is 5.10 Å². The molecule has 4 rings (SSSR count). The number of aromatic nitrogens is 2. The first-order chi connectivity index (χ1) is 15.9. The highest BCUT2D eigenvalue weighted by molar-refractivity contribution is 9.10. The first-order valence-corrected chi connectivity index (χ1v) is 11.0. The maximum Gasteiger partial charge on any atom is 0.282 e. The summed E-state index contributed by atoms with van der Waals surface area (Å²) < 4.78 is 7.92. The van der Waals surface area contributed by atoms with E-state index in [9.17, 15) is 14.9 Å². The van der Waals surface area contributed by atoms with Gasteiger partial charge >= 0.3 is 0 Å². The largest absolute Gasteiger partial charge is 0.489 e. The molecule has 1 aromatic heterocycles. The lowest BCUT2D eigenvalue weighted by Gasteiger charge is -2.08. The molecule has 0 saturated heterocycles. The van der Waals surface area contributed by atoms with Crippen molar-refractivity contribution in [2.75, 3.05) is 0 Å². The summed E-state index contributed by atoms with van der Waals surface area (Å²) in [7, 11) is 0. The SMILES string of the molecule is CCc1nc2ccc(Br)cc2c(=O)n1N=Cc1cccc(OCc2ccc([N+](=O)[O-])cc2)c1. The Balaban J connectivity index is 1.55. The number of hydrogen-bond acceptors (Lipinski definition) is 6. The van der Waals surface area contributed by atoms with E-state index in [1.54, 1.807) is 36.5 Å². The molecule has 0 saturated carbocycles. The van der Waals surface area contributed by atoms with Gasteiger partial charge in [-0.1, -0.05) is 35.0 Å². The maximum absolute atomic E-state index is 13.0. The van der Waals surface area contributed by atoms with Crippen molar-refractivity contribution in [1.82, 2.24) is 9.66 Å². The number of non-ortho nitro benzene ring substituents is 1. The highest BCUT2D eigenvalue weighted by Gasteiger charge is 2.10. The van der Waals surface area contributed by atoms with Gasteiger partial charge in [0.05, 0.1) is 22.0 Å². The Hall–Kier alpha value is -3.85. The van der Waals surface area contributed by atoms with Crippen LogP contribution in [0.4, 0.5) is 5.69 Å². The number of fused-ring (bicyclic) bond motifs is 1. The van der Waals surface area contributed by atoms with E-state index in [4.69, 9.17) is 4.74 Å². The van der Waals surface area contributed by atoms with Crippen molar-refractivity contribution >= 4 is 38.7 Å². The van der Waals surface area contributed by atoms with Crippen molar-refractivity contribution < 1.29 is 9.66 Å². The molecule has 0 aliphatic rings. The number of nitro groups is 1. The number of aryl methyl sites for hydroxylation is 1. The van der Waals surface area contributed by atoms with Crippen LogP contribution >= 0.6 is 15.9 Å². The van der Waals surface area contributed by atoms with Gasteiger partial charge in [-0.25, -0.2) is 4.98 Å². The smallest absolute Gasteiger partial charge is 0.282 e. The van der Waals surface area contributed by atoms with Crippen LogP contribution in [0, 0.1) is 10.1 Å². The highest BCUT2D eigenvalue weighted by atomic mass is 79.9. The van der Waals surface area contributed by atoms with Crippen molar-refractivity contribution in [3.05, 3.63) is 109 Å². The molecular formula is C24H19BrN4O4. The van der Waals surface area contributed by atoms with E-state index in [2.05, 4.69) is 26.0 Å². The van der Waals surface area contributed by atoms with E-state index in [1.807, 2.05) is 31.2 Å². The van der Waals surface area contributed by atoms with Gasteiger partial charge in [-0.05, 0) is 53.6 Å². The van der Waals surface area contributed by atoms with Crippen LogP contribution in [-0.2, 0) is 13.0 Å². The number of rotatable bonds is 7. The Morgan fingerprint density at radius 1 is 1.15 bits per heavy atom. The summed E-state index contributed by atoms with van der Waals surface area (Å²) in [5.41, 5.74) is 1.99. The molecule has 0 fully saturated rings. The normalized spacial score (nSPS) is 11.2. The predicted molar refractivity (Wildman–Crippen MR) is 130 cm³/mol. The number of nitrogens with zero attached hydrogens (tertiary/aromatic N) is 4. The summed E-state index contributed by atoms with van der Waals surface area (Å²) in [5, 5.41) is 15.6. The van der Waals surface area contributed by atoms with E-state index in [0.717, 1.165) is 15.6 Å². The third-order valence-corrected chi connectivity index (χ3v) is 5.42. The van der Waals surface area contributed by atoms with Crippen LogP contribution in [0.1, 0.15) is 23.9 Å². The quantitative estimate of drug-likeness (QED) is 0.197. The number of benzene rings is 3. The maximum atomic E-state index is 13.0. The first kappa shape index (κ1) is 22.3. The zero-order valence-electron chi connectivity index (χ0n) is 17.6.